The predicted octanol–water partition coefficient (Wildman–Crippen LogP) is -5.16. The maximum atomic E-state index is 16.7. The largest absolute Gasteiger partial charge is 0.458 e. The van der Waals surface area contributed by atoms with Crippen LogP contribution in [-0.2, 0) is 109 Å². The maximum absolute atomic E-state index is 16.7. The molecule has 13 fully saturated rings. The lowest BCUT2D eigenvalue weighted by molar-refractivity contribution is -0.385. The predicted molar refractivity (Wildman–Crippen MR) is 506 cm³/mol. The highest BCUT2D eigenvalue weighted by Gasteiger charge is 2.75. The highest BCUT2D eigenvalue weighted by molar-refractivity contribution is 5.88. The third-order valence-electron chi connectivity index (χ3n) is 35.6. The second-order valence-electron chi connectivity index (χ2n) is 46.2. The molecular formula is C102H162O48. The van der Waals surface area contributed by atoms with Crippen LogP contribution in [0.5, 0.6) is 0 Å². The number of ether oxygens (including phenoxy) is 20. The summed E-state index contributed by atoms with van der Waals surface area (Å²) in [5, 5.41) is 280. The smallest absolute Gasteiger partial charge is 0.333 e. The zero-order chi connectivity index (χ0) is 110. The molecule has 14 rings (SSSR count). The third-order valence-corrected chi connectivity index (χ3v) is 35.6. The summed E-state index contributed by atoms with van der Waals surface area (Å²) in [5.41, 5.74) is -8.17. The van der Waals surface area contributed by atoms with Crippen LogP contribution in [0.3, 0.4) is 0 Å². The van der Waals surface area contributed by atoms with Gasteiger partial charge in [-0.05, 0) is 165 Å². The molecule has 9 aliphatic heterocycles. The van der Waals surface area contributed by atoms with Gasteiger partial charge in [-0.2, -0.15) is 0 Å². The van der Waals surface area contributed by atoms with Gasteiger partial charge in [-0.3, -0.25) is 4.79 Å². The van der Waals surface area contributed by atoms with Crippen LogP contribution in [-0.4, -0.2) is 472 Å². The molecule has 25 N–H and O–H groups in total. The van der Waals surface area contributed by atoms with E-state index < -0.39 is 389 Å². The summed E-state index contributed by atoms with van der Waals surface area (Å²) in [5.74, 6) is -4.41. The van der Waals surface area contributed by atoms with Crippen molar-refractivity contribution >= 4 is 17.9 Å². The minimum atomic E-state index is -2.17. The van der Waals surface area contributed by atoms with E-state index in [1.807, 2.05) is 27.7 Å². The molecule has 55 atom stereocenters. The van der Waals surface area contributed by atoms with E-state index in [0.29, 0.717) is 25.7 Å². The Morgan fingerprint density at radius 2 is 0.833 bits per heavy atom. The Hall–Kier alpha value is -4.57. The lowest BCUT2D eigenvalue weighted by Crippen LogP contribution is -2.70. The molecule has 0 bridgehead atoms. The SMILES string of the molecule is C=C[C@](C)(CC/C=C(\C)C(=O)O[C@H]1[C@H](O)[C@@H](O)[C@H](O[C@](C)(C=C)CC/C=C(\C)C(=O)O[C@H]2C[C@]3(C(=O)O[C@@H]4O[C@H](CO)[C@@H](O)[C@H](O)[C@H]4O[C@@H]4O[C@@H](C)[C@H](O[C@@H]5OC[C@@H](O)[C@H](O)[C@H]5O)[C@@H](O)[C@H]4O)[C@H](O)C[C@]4(C)C(=CC[C@@H]5[C@@]6(C)CC[C@H](O[C@@H]7O[C@H](CO[C@@H]8O[C@H](C)[C@H](O)[C@H](O)[C@H]8O[C@@H]8OC[C@@H](O)[C@H](O)[C@H]8O)[C@@H](O)[C@H](O)[C@H]7O[C@@H]7O[C@H](CO)[C@@H](O)[C@H](O)[C@H]7O)C(C)(C)[C@@H]6CC[C@]54C)[C@H]3CC2(C)C)O[C@@H]1C)O[C@@H]1O[C@H](C)[C@@H](O)[C@H](O)[C@H]1O. The van der Waals surface area contributed by atoms with Gasteiger partial charge in [0.05, 0.1) is 80.9 Å². The molecule has 0 aromatic carbocycles. The van der Waals surface area contributed by atoms with E-state index in [2.05, 4.69) is 40.0 Å². The van der Waals surface area contributed by atoms with E-state index >= 15 is 9.59 Å². The Morgan fingerprint density at radius 3 is 1.39 bits per heavy atom. The Morgan fingerprint density at radius 1 is 0.413 bits per heavy atom. The van der Waals surface area contributed by atoms with Crippen LogP contribution < -0.4 is 0 Å². The van der Waals surface area contributed by atoms with Crippen LogP contribution in [0.4, 0.5) is 0 Å². The van der Waals surface area contributed by atoms with Gasteiger partial charge < -0.3 is 222 Å². The highest BCUT2D eigenvalue weighted by atomic mass is 16.8. The molecule has 0 radical (unpaired) electrons. The van der Waals surface area contributed by atoms with Crippen LogP contribution in [0.15, 0.2) is 60.3 Å². The second-order valence-corrected chi connectivity index (χ2v) is 46.2. The molecule has 0 spiro atoms. The Kier molecular flexibility index (Phi) is 38.2. The van der Waals surface area contributed by atoms with Crippen molar-refractivity contribution in [3.05, 3.63) is 60.3 Å². The first kappa shape index (κ1) is 121. The van der Waals surface area contributed by atoms with Gasteiger partial charge in [0.2, 0.25) is 6.29 Å². The number of aliphatic hydroxyl groups excluding tert-OH is 25. The van der Waals surface area contributed by atoms with Gasteiger partial charge in [-0.15, -0.1) is 13.2 Å². The molecule has 14 aliphatic rings. The molecule has 9 heterocycles. The van der Waals surface area contributed by atoms with Crippen molar-refractivity contribution in [3.63, 3.8) is 0 Å². The minimum absolute atomic E-state index is 0.00236. The molecule has 150 heavy (non-hydrogen) atoms. The summed E-state index contributed by atoms with van der Waals surface area (Å²) in [6, 6.07) is 0. The van der Waals surface area contributed by atoms with Gasteiger partial charge >= 0.3 is 17.9 Å². The average Bonchev–Trinajstić information content (AvgIpc) is 0.665. The molecule has 48 nitrogen and oxygen atoms in total. The van der Waals surface area contributed by atoms with E-state index in [1.165, 1.54) is 53.7 Å². The van der Waals surface area contributed by atoms with Crippen molar-refractivity contribution in [3.8, 4) is 0 Å². The fourth-order valence-corrected chi connectivity index (χ4v) is 25.5. The van der Waals surface area contributed by atoms with Crippen LogP contribution in [0, 0.1) is 50.2 Å². The van der Waals surface area contributed by atoms with Gasteiger partial charge in [-0.25, -0.2) is 9.59 Å². The molecular weight excluding hydrogens is 1990 g/mol. The quantitative estimate of drug-likeness (QED) is 0.00960. The van der Waals surface area contributed by atoms with Gasteiger partial charge in [0, 0.05) is 23.0 Å². The summed E-state index contributed by atoms with van der Waals surface area (Å²) in [6.45, 7) is 30.4. The minimum Gasteiger partial charge on any atom is -0.458 e. The maximum Gasteiger partial charge on any atom is 0.333 e. The normalized spacial score (nSPS) is 49.7. The number of carbonyl (C=O) groups excluding carboxylic acids is 3. The van der Waals surface area contributed by atoms with Crippen molar-refractivity contribution in [1.82, 2.24) is 0 Å². The summed E-state index contributed by atoms with van der Waals surface area (Å²) in [4.78, 5) is 45.4. The van der Waals surface area contributed by atoms with E-state index in [4.69, 9.17) is 94.7 Å². The number of rotatable bonds is 33. The van der Waals surface area contributed by atoms with Gasteiger partial charge in [0.1, 0.15) is 182 Å². The molecule has 5 aliphatic carbocycles. The zero-order valence-corrected chi connectivity index (χ0v) is 87.2. The first-order valence-corrected chi connectivity index (χ1v) is 52.1. The molecule has 858 valence electrons. The monoisotopic (exact) mass is 2160 g/mol. The second kappa shape index (κ2) is 47.4. The summed E-state index contributed by atoms with van der Waals surface area (Å²) in [7, 11) is 0. The molecule has 9 saturated heterocycles. The number of fused-ring (bicyclic) bond motifs is 7. The Balaban J connectivity index is 0.710. The molecule has 0 aromatic rings. The van der Waals surface area contributed by atoms with E-state index in [9.17, 15) is 132 Å². The Bertz CT molecular complexity index is 4640. The first-order valence-electron chi connectivity index (χ1n) is 52.1. The van der Waals surface area contributed by atoms with Crippen LogP contribution in [0.1, 0.15) is 181 Å². The van der Waals surface area contributed by atoms with Crippen molar-refractivity contribution in [2.75, 3.05) is 33.0 Å². The summed E-state index contributed by atoms with van der Waals surface area (Å²) >= 11 is 0. The van der Waals surface area contributed by atoms with Crippen LogP contribution >= 0.6 is 0 Å². The number of hydrogen-bond acceptors (Lipinski definition) is 48. The number of allylic oxidation sites excluding steroid dienone is 4. The number of esters is 3. The lowest BCUT2D eigenvalue weighted by atomic mass is 9.33. The van der Waals surface area contributed by atoms with Crippen molar-refractivity contribution in [2.24, 2.45) is 50.2 Å². The van der Waals surface area contributed by atoms with Gasteiger partial charge in [0.15, 0.2) is 62.5 Å². The van der Waals surface area contributed by atoms with E-state index in [1.54, 1.807) is 26.0 Å². The fourth-order valence-electron chi connectivity index (χ4n) is 25.5. The van der Waals surface area contributed by atoms with Gasteiger partial charge in [-0.1, -0.05) is 84.4 Å². The average molecular weight is 2160 g/mol. The topological polar surface area (TPSA) is 742 Å². The molecule has 48 heteroatoms. The first-order chi connectivity index (χ1) is 70.2. The Labute approximate surface area is 869 Å². The van der Waals surface area contributed by atoms with Crippen LogP contribution in [0.2, 0.25) is 0 Å². The highest BCUT2D eigenvalue weighted by Crippen LogP contribution is 2.77. The standard InChI is InChI=1S/C102H162O48/c1-18-97(13,149-89-75(125)65(115)58(108)42(5)134-89)29-21-23-41(4)84(129)143-78-44(7)137-90(77(127)71(78)121)150-98(14,19-2)28-20-22-40(3)83(128)141-57-34-102(94(130)148-93-82(68(118)63(113)51(36-104)139-93)146-87-76(126)70(120)79(45(8)136-87)144-85-72(122)60(110)48(105)37-131-85)47(32-95(57,9)10)46-24-25-54-99(15)30-27-56(96(11,12)53(99)26-31-100(54,16)101(46,17)33-55(102)107)142-92-81(147-88-74(124)66(116)62(112)50(35-103)138-88)69(119)64(114)52(140-92)39-133-91-80(67(117)59(109)43(6)135-91)145-86-73(123)61(111)49(106)38-132-86/h18-19,22-24,42-45,47-82,85-93,103-127H,1-2,20-21,25-39H2,3-17H3/b40-22+,41-23+/t42-,43-,44-,45+,47-,48-,49-,50-,51-,52-,53+,54-,55-,56+,57+,58-,59+,60+,61+,62-,63-,64-,65+,66+,67+,68+,69+,70+,71-,72-,73-,74-,75-,76-,77-,78-,79+,80-,81-,82-,85+,86+,87+,88+,89+,90+,91-,92+,93+,97-,98-,99+,100-,101-,102-/m1/s1. The molecule has 0 amide bonds. The van der Waals surface area contributed by atoms with Gasteiger partial charge in [0.25, 0.3) is 0 Å². The summed E-state index contributed by atoms with van der Waals surface area (Å²) in [6.07, 6.45) is -67.2. The van der Waals surface area contributed by atoms with Crippen molar-refractivity contribution in [2.45, 2.75) is 475 Å². The fraction of sp³-hybridized carbons (Fsp3) is 0.873. The number of carbonyl (C=O) groups is 3. The number of hydrogen-bond donors (Lipinski definition) is 25. The van der Waals surface area contributed by atoms with Crippen molar-refractivity contribution in [1.29, 1.82) is 0 Å². The molecule has 0 unspecified atom stereocenters. The summed E-state index contributed by atoms with van der Waals surface area (Å²) < 4.78 is 122. The zero-order valence-electron chi connectivity index (χ0n) is 87.2. The van der Waals surface area contributed by atoms with E-state index in [-0.39, 0.29) is 67.9 Å². The molecule has 4 saturated carbocycles. The third kappa shape index (κ3) is 23.3. The van der Waals surface area contributed by atoms with Crippen LogP contribution in [0.25, 0.3) is 0 Å². The van der Waals surface area contributed by atoms with Crippen molar-refractivity contribution < 1.29 is 237 Å². The molecule has 0 aromatic heterocycles. The lowest BCUT2D eigenvalue weighted by Gasteiger charge is -2.72. The number of aliphatic hydroxyl groups is 25. The van der Waals surface area contributed by atoms with E-state index in [0.717, 1.165) is 5.57 Å².